The molecule has 242 valence electrons. The van der Waals surface area contributed by atoms with Crippen molar-refractivity contribution in [3.8, 4) is 16.9 Å². The lowest BCUT2D eigenvalue weighted by Gasteiger charge is -2.24. The van der Waals surface area contributed by atoms with Gasteiger partial charge >= 0.3 is 0 Å². The van der Waals surface area contributed by atoms with Gasteiger partial charge in [-0.1, -0.05) is 42.8 Å². The molecule has 12 heteroatoms. The molecule has 44 heavy (non-hydrogen) atoms. The monoisotopic (exact) mass is 667 g/mol. The van der Waals surface area contributed by atoms with E-state index in [1.807, 2.05) is 24.3 Å². The number of carbonyl (C=O) groups is 1. The molecule has 0 saturated heterocycles. The second kappa shape index (κ2) is 18.9. The van der Waals surface area contributed by atoms with Gasteiger partial charge in [-0.3, -0.25) is 9.78 Å². The number of ether oxygens (including phenoxy) is 1. The molecule has 2 aromatic carbocycles. The lowest BCUT2D eigenvalue weighted by molar-refractivity contribution is 0.0969. The number of nitrogens with zero attached hydrogens (tertiary/aromatic N) is 1. The van der Waals surface area contributed by atoms with Gasteiger partial charge in [-0.15, -0.1) is 24.8 Å². The first-order chi connectivity index (χ1) is 20.3. The number of pyridine rings is 1. The first-order valence-corrected chi connectivity index (χ1v) is 16.3. The van der Waals surface area contributed by atoms with Crippen molar-refractivity contribution in [1.29, 1.82) is 0 Å². The molecule has 3 aromatic rings. The summed E-state index contributed by atoms with van der Waals surface area (Å²) in [6, 6.07) is 17.0. The van der Waals surface area contributed by atoms with Crippen molar-refractivity contribution in [2.45, 2.75) is 63.6 Å². The fraction of sp³-hybridized carbons (Fsp3) is 0.438. The fourth-order valence-electron chi connectivity index (χ4n) is 5.03. The Morgan fingerprint density at radius 1 is 1.00 bits per heavy atom. The summed E-state index contributed by atoms with van der Waals surface area (Å²) in [5, 5.41) is 22.5. The van der Waals surface area contributed by atoms with Gasteiger partial charge in [0.1, 0.15) is 5.75 Å². The molecule has 4 rings (SSSR count). The number of amides is 1. The van der Waals surface area contributed by atoms with Crippen LogP contribution in [0.2, 0.25) is 0 Å². The van der Waals surface area contributed by atoms with Crippen LogP contribution < -0.4 is 14.8 Å². The third-order valence-electron chi connectivity index (χ3n) is 7.43. The number of hydrogen-bond donors (Lipinski definition) is 4. The van der Waals surface area contributed by atoms with E-state index in [-0.39, 0.29) is 55.3 Å². The molecule has 1 aromatic heterocycles. The highest BCUT2D eigenvalue weighted by atomic mass is 35.5. The van der Waals surface area contributed by atoms with Crippen molar-refractivity contribution in [3.05, 3.63) is 83.7 Å². The average Bonchev–Trinajstić information content (AvgIpc) is 3.00. The van der Waals surface area contributed by atoms with E-state index in [9.17, 15) is 18.3 Å². The van der Waals surface area contributed by atoms with Crippen LogP contribution in [0.5, 0.6) is 5.75 Å². The van der Waals surface area contributed by atoms with Crippen molar-refractivity contribution >= 4 is 40.7 Å². The number of aliphatic hydroxyl groups is 2. The zero-order valence-corrected chi connectivity index (χ0v) is 27.1. The Morgan fingerprint density at radius 3 is 2.41 bits per heavy atom. The van der Waals surface area contributed by atoms with E-state index in [1.54, 1.807) is 30.6 Å². The Labute approximate surface area is 272 Å². The second-order valence-corrected chi connectivity index (χ2v) is 12.6. The van der Waals surface area contributed by atoms with Gasteiger partial charge < -0.3 is 20.3 Å². The minimum Gasteiger partial charge on any atom is -0.490 e. The number of benzene rings is 2. The highest BCUT2D eigenvalue weighted by Crippen LogP contribution is 2.31. The van der Waals surface area contributed by atoms with Crippen molar-refractivity contribution in [1.82, 2.24) is 15.0 Å². The van der Waals surface area contributed by atoms with Crippen molar-refractivity contribution in [3.63, 3.8) is 0 Å². The summed E-state index contributed by atoms with van der Waals surface area (Å²) in [6.07, 6.45) is 9.20. The summed E-state index contributed by atoms with van der Waals surface area (Å²) in [7, 11) is -3.83. The summed E-state index contributed by atoms with van der Waals surface area (Å²) in [6.45, 7) is 1.05. The molecule has 1 fully saturated rings. The third-order valence-corrected chi connectivity index (χ3v) is 8.75. The van der Waals surface area contributed by atoms with Crippen LogP contribution in [0.1, 0.15) is 72.5 Å². The van der Waals surface area contributed by atoms with Crippen LogP contribution in [0.3, 0.4) is 0 Å². The number of nitrogens with one attached hydrogen (secondary N) is 2. The quantitative estimate of drug-likeness (QED) is 0.166. The summed E-state index contributed by atoms with van der Waals surface area (Å²) < 4.78 is 33.3. The van der Waals surface area contributed by atoms with Gasteiger partial charge in [0.15, 0.2) is 0 Å². The van der Waals surface area contributed by atoms with E-state index in [4.69, 9.17) is 9.84 Å². The Balaban J connectivity index is 0.00000337. The van der Waals surface area contributed by atoms with E-state index in [0.29, 0.717) is 25.3 Å². The molecule has 0 unspecified atom stereocenters. The van der Waals surface area contributed by atoms with E-state index < -0.39 is 22.0 Å². The number of halogens is 2. The van der Waals surface area contributed by atoms with Gasteiger partial charge in [0.05, 0.1) is 23.5 Å². The van der Waals surface area contributed by atoms with Gasteiger partial charge in [-0.2, -0.15) is 0 Å². The summed E-state index contributed by atoms with van der Waals surface area (Å²) in [5.41, 5.74) is 3.93. The third kappa shape index (κ3) is 11.6. The molecule has 1 aliphatic rings. The summed E-state index contributed by atoms with van der Waals surface area (Å²) in [5.74, 6) is -0.570. The van der Waals surface area contributed by atoms with Gasteiger partial charge in [0.25, 0.3) is 5.91 Å². The SMILES string of the molecule is Cl.Cl.O=C(NS(=O)(=O)CCCCO)c1ccc(-c2ccc(CCNC[C@@H](O)c3cccnc3)cc2)cc1OC1CCCCC1. The minimum atomic E-state index is -3.83. The highest BCUT2D eigenvalue weighted by molar-refractivity contribution is 7.90. The van der Waals surface area contributed by atoms with Crippen LogP contribution in [0.25, 0.3) is 11.1 Å². The molecule has 0 bridgehead atoms. The first kappa shape index (κ1) is 37.5. The van der Waals surface area contributed by atoms with Crippen molar-refractivity contribution in [2.24, 2.45) is 0 Å². The zero-order valence-electron chi connectivity index (χ0n) is 24.7. The van der Waals surface area contributed by atoms with Gasteiger partial charge in [-0.25, -0.2) is 13.1 Å². The number of aromatic nitrogens is 1. The Hall–Kier alpha value is -2.73. The Morgan fingerprint density at radius 2 is 1.73 bits per heavy atom. The van der Waals surface area contributed by atoms with Crippen LogP contribution in [0, 0.1) is 0 Å². The molecule has 0 aliphatic heterocycles. The average molecular weight is 669 g/mol. The van der Waals surface area contributed by atoms with E-state index in [1.165, 1.54) is 0 Å². The predicted molar refractivity (Wildman–Crippen MR) is 177 cm³/mol. The molecule has 1 amide bonds. The second-order valence-electron chi connectivity index (χ2n) is 10.7. The maximum absolute atomic E-state index is 13.1. The Kier molecular flexibility index (Phi) is 16.1. The lowest BCUT2D eigenvalue weighted by atomic mass is 9.97. The van der Waals surface area contributed by atoms with Crippen LogP contribution in [-0.4, -0.2) is 61.1 Å². The topological polar surface area (TPSA) is 138 Å². The van der Waals surface area contributed by atoms with Crippen LogP contribution in [0.4, 0.5) is 0 Å². The summed E-state index contributed by atoms with van der Waals surface area (Å²) in [4.78, 5) is 17.1. The molecular formula is C32H43Cl2N3O6S. The highest BCUT2D eigenvalue weighted by Gasteiger charge is 2.23. The largest absolute Gasteiger partial charge is 0.490 e. The maximum atomic E-state index is 13.1. The van der Waals surface area contributed by atoms with Crippen molar-refractivity contribution in [2.75, 3.05) is 25.4 Å². The maximum Gasteiger partial charge on any atom is 0.268 e. The van der Waals surface area contributed by atoms with Crippen LogP contribution >= 0.6 is 24.8 Å². The number of carbonyl (C=O) groups excluding carboxylic acids is 1. The van der Waals surface area contributed by atoms with Gasteiger partial charge in [0, 0.05) is 31.1 Å². The number of aliphatic hydroxyl groups excluding tert-OH is 2. The molecule has 1 saturated carbocycles. The minimum absolute atomic E-state index is 0. The molecular weight excluding hydrogens is 625 g/mol. The standard InChI is InChI=1S/C32H41N3O6S.2ClH/c36-19-4-5-20-42(39,40)35-32(38)29-15-14-26(21-31(29)41-28-8-2-1-3-9-28)25-12-10-24(11-13-25)16-18-34-23-30(37)27-7-6-17-33-22-27;;/h6-7,10-15,17,21-22,28,30,34,36-37H,1-5,8-9,16,18-20,23H2,(H,35,38);2*1H/t30-;;/m1../s1. The van der Waals surface area contributed by atoms with E-state index >= 15 is 0 Å². The molecule has 0 spiro atoms. The van der Waals surface area contributed by atoms with Gasteiger partial charge in [-0.05, 0) is 86.4 Å². The Bertz CT molecular complexity index is 1390. The van der Waals surface area contributed by atoms with Crippen LogP contribution in [-0.2, 0) is 16.4 Å². The first-order valence-electron chi connectivity index (χ1n) is 14.7. The number of sulfonamides is 1. The number of hydrogen-bond acceptors (Lipinski definition) is 8. The van der Waals surface area contributed by atoms with Gasteiger partial charge in [0.2, 0.25) is 10.0 Å². The number of unbranched alkanes of at least 4 members (excludes halogenated alkanes) is 1. The molecule has 9 nitrogen and oxygen atoms in total. The summed E-state index contributed by atoms with van der Waals surface area (Å²) >= 11 is 0. The van der Waals surface area contributed by atoms with Crippen molar-refractivity contribution < 1.29 is 28.2 Å². The zero-order chi connectivity index (χ0) is 29.8. The molecule has 1 heterocycles. The molecule has 1 atom stereocenters. The fourth-order valence-corrected chi connectivity index (χ4v) is 6.11. The number of rotatable bonds is 15. The van der Waals surface area contributed by atoms with E-state index in [2.05, 4.69) is 27.2 Å². The molecule has 0 radical (unpaired) electrons. The normalized spacial score (nSPS) is 14.1. The smallest absolute Gasteiger partial charge is 0.268 e. The molecule has 1 aliphatic carbocycles. The van der Waals surface area contributed by atoms with Crippen LogP contribution in [0.15, 0.2) is 67.0 Å². The lowest BCUT2D eigenvalue weighted by Crippen LogP contribution is -2.33. The predicted octanol–water partition coefficient (Wildman–Crippen LogP) is 5.00. The molecule has 4 N–H and O–H groups in total. The van der Waals surface area contributed by atoms with E-state index in [0.717, 1.165) is 60.8 Å².